The number of Topliss-reactive ketones (excluding diaryl/α,β-unsaturated/α-hetero) is 1. The van der Waals surface area contributed by atoms with E-state index in [-0.39, 0.29) is 12.2 Å². The Balaban J connectivity index is 1.67. The number of carbonyl (C=O) groups is 2. The molecule has 0 bridgehead atoms. The molecule has 0 saturated carbocycles. The van der Waals surface area contributed by atoms with Gasteiger partial charge in [0.1, 0.15) is 5.78 Å². The zero-order valence-corrected chi connectivity index (χ0v) is 17.3. The molecular weight excluding hydrogens is 386 g/mol. The molecule has 0 amide bonds. The van der Waals surface area contributed by atoms with Gasteiger partial charge >= 0.3 is 5.97 Å². The number of ether oxygens (including phenoxy) is 1. The zero-order valence-electron chi connectivity index (χ0n) is 16.5. The average Bonchev–Trinajstić information content (AvgIpc) is 3.15. The summed E-state index contributed by atoms with van der Waals surface area (Å²) < 4.78 is 6.86. The predicted molar refractivity (Wildman–Crippen MR) is 113 cm³/mol. The van der Waals surface area contributed by atoms with Crippen molar-refractivity contribution in [3.05, 3.63) is 66.1 Å². The minimum absolute atomic E-state index is 0.0750. The quantitative estimate of drug-likeness (QED) is 0.392. The topological polar surface area (TPSA) is 74.1 Å². The van der Waals surface area contributed by atoms with Gasteiger partial charge in [-0.1, -0.05) is 30.8 Å². The standard InChI is InChI=1S/C22H23N3O3S/c1-3-10-25-20(18-8-5-9-23-13-18)14-24-22(25)29-15-19(26)12-16-6-4-7-17(11-16)21(27)28-2/h4-9,11,13-14H,3,10,12,15H2,1-2H3. The van der Waals surface area contributed by atoms with Crippen molar-refractivity contribution in [2.45, 2.75) is 31.5 Å². The maximum atomic E-state index is 12.5. The fourth-order valence-corrected chi connectivity index (χ4v) is 3.87. The van der Waals surface area contributed by atoms with Gasteiger partial charge in [-0.2, -0.15) is 0 Å². The molecule has 0 aliphatic carbocycles. The third-order valence-corrected chi connectivity index (χ3v) is 5.39. The van der Waals surface area contributed by atoms with Gasteiger partial charge in [0.2, 0.25) is 0 Å². The van der Waals surface area contributed by atoms with Gasteiger partial charge in [0.05, 0.1) is 30.3 Å². The molecule has 0 atom stereocenters. The third kappa shape index (κ3) is 5.32. The molecule has 3 rings (SSSR count). The molecule has 3 aromatic rings. The first-order chi connectivity index (χ1) is 14.1. The summed E-state index contributed by atoms with van der Waals surface area (Å²) in [5, 5.41) is 0.822. The highest BCUT2D eigenvalue weighted by Gasteiger charge is 2.14. The van der Waals surface area contributed by atoms with Gasteiger partial charge in [-0.15, -0.1) is 0 Å². The van der Waals surface area contributed by atoms with Crippen LogP contribution < -0.4 is 0 Å². The first kappa shape index (κ1) is 20.8. The van der Waals surface area contributed by atoms with Crippen molar-refractivity contribution in [1.29, 1.82) is 0 Å². The molecule has 6 nitrogen and oxygen atoms in total. The van der Waals surface area contributed by atoms with Crippen molar-refractivity contribution in [1.82, 2.24) is 14.5 Å². The van der Waals surface area contributed by atoms with E-state index in [0.29, 0.717) is 11.3 Å². The van der Waals surface area contributed by atoms with E-state index < -0.39 is 5.97 Å². The summed E-state index contributed by atoms with van der Waals surface area (Å²) in [4.78, 5) is 32.9. The Morgan fingerprint density at radius 1 is 1.17 bits per heavy atom. The number of rotatable bonds is 9. The Kier molecular flexibility index (Phi) is 7.19. The van der Waals surface area contributed by atoms with Crippen LogP contribution in [0.5, 0.6) is 0 Å². The number of benzene rings is 1. The van der Waals surface area contributed by atoms with Gasteiger partial charge in [0.15, 0.2) is 5.16 Å². The summed E-state index contributed by atoms with van der Waals surface area (Å²) in [6.07, 6.45) is 6.62. The maximum absolute atomic E-state index is 12.5. The Morgan fingerprint density at radius 2 is 2.03 bits per heavy atom. The van der Waals surface area contributed by atoms with Crippen LogP contribution in [0.15, 0.2) is 60.1 Å². The third-order valence-electron chi connectivity index (χ3n) is 4.34. The Hall–Kier alpha value is -2.93. The highest BCUT2D eigenvalue weighted by Crippen LogP contribution is 2.26. The van der Waals surface area contributed by atoms with Crippen molar-refractivity contribution >= 4 is 23.5 Å². The molecule has 0 saturated heterocycles. The van der Waals surface area contributed by atoms with Crippen LogP contribution in [-0.4, -0.2) is 39.2 Å². The van der Waals surface area contributed by atoms with Gasteiger partial charge in [0, 0.05) is 30.9 Å². The van der Waals surface area contributed by atoms with Crippen LogP contribution in [-0.2, 0) is 22.5 Å². The van der Waals surface area contributed by atoms with E-state index >= 15 is 0 Å². The minimum Gasteiger partial charge on any atom is -0.465 e. The highest BCUT2D eigenvalue weighted by atomic mass is 32.2. The SMILES string of the molecule is CCCn1c(-c2cccnc2)cnc1SCC(=O)Cc1cccc(C(=O)OC)c1. The van der Waals surface area contributed by atoms with Crippen LogP contribution in [0.2, 0.25) is 0 Å². The van der Waals surface area contributed by atoms with Gasteiger partial charge in [-0.25, -0.2) is 9.78 Å². The maximum Gasteiger partial charge on any atom is 0.337 e. The molecular formula is C22H23N3O3S. The second-order valence-corrected chi connectivity index (χ2v) is 7.46. The van der Waals surface area contributed by atoms with E-state index in [1.807, 2.05) is 30.6 Å². The Labute approximate surface area is 174 Å². The smallest absolute Gasteiger partial charge is 0.337 e. The molecule has 2 aromatic heterocycles. The fourth-order valence-electron chi connectivity index (χ4n) is 3.01. The van der Waals surface area contributed by atoms with Crippen LogP contribution in [0.25, 0.3) is 11.3 Å². The fraction of sp³-hybridized carbons (Fsp3) is 0.273. The molecule has 1 aromatic carbocycles. The number of carbonyl (C=O) groups excluding carboxylic acids is 2. The second kappa shape index (κ2) is 10.0. The van der Waals surface area contributed by atoms with Crippen LogP contribution in [0.1, 0.15) is 29.3 Å². The summed E-state index contributed by atoms with van der Waals surface area (Å²) in [5.41, 5.74) is 3.25. The van der Waals surface area contributed by atoms with Gasteiger partial charge in [-0.05, 0) is 36.2 Å². The summed E-state index contributed by atoms with van der Waals surface area (Å²) >= 11 is 1.44. The van der Waals surface area contributed by atoms with Crippen LogP contribution in [0.4, 0.5) is 0 Å². The van der Waals surface area contributed by atoms with Crippen molar-refractivity contribution in [3.8, 4) is 11.3 Å². The summed E-state index contributed by atoms with van der Waals surface area (Å²) in [7, 11) is 1.34. The van der Waals surface area contributed by atoms with Gasteiger partial charge in [-0.3, -0.25) is 9.78 Å². The molecule has 0 fully saturated rings. The lowest BCUT2D eigenvalue weighted by Crippen LogP contribution is -2.09. The molecule has 29 heavy (non-hydrogen) atoms. The molecule has 0 N–H and O–H groups in total. The van der Waals surface area contributed by atoms with E-state index in [9.17, 15) is 9.59 Å². The average molecular weight is 410 g/mol. The number of hydrogen-bond donors (Lipinski definition) is 0. The van der Waals surface area contributed by atoms with Crippen molar-refractivity contribution < 1.29 is 14.3 Å². The number of methoxy groups -OCH3 is 1. The molecule has 2 heterocycles. The number of thioether (sulfide) groups is 1. The number of esters is 1. The summed E-state index contributed by atoms with van der Waals surface area (Å²) in [5.74, 6) is -0.0143. The lowest BCUT2D eigenvalue weighted by molar-refractivity contribution is -0.116. The van der Waals surface area contributed by atoms with E-state index in [1.54, 1.807) is 24.4 Å². The van der Waals surface area contributed by atoms with Crippen molar-refractivity contribution in [2.24, 2.45) is 0 Å². The molecule has 0 aliphatic rings. The monoisotopic (exact) mass is 409 g/mol. The van der Waals surface area contributed by atoms with Crippen molar-refractivity contribution in [3.63, 3.8) is 0 Å². The summed E-state index contributed by atoms with van der Waals surface area (Å²) in [6, 6.07) is 10.9. The minimum atomic E-state index is -0.404. The molecule has 150 valence electrons. The Bertz CT molecular complexity index is 986. The van der Waals surface area contributed by atoms with E-state index in [2.05, 4.69) is 21.5 Å². The number of nitrogens with zero attached hydrogens (tertiary/aromatic N) is 3. The number of aromatic nitrogens is 3. The lowest BCUT2D eigenvalue weighted by atomic mass is 10.1. The molecule has 7 heteroatoms. The van der Waals surface area contributed by atoms with E-state index in [4.69, 9.17) is 4.74 Å². The molecule has 0 aliphatic heterocycles. The Morgan fingerprint density at radius 3 is 2.76 bits per heavy atom. The molecule has 0 unspecified atom stereocenters. The summed E-state index contributed by atoms with van der Waals surface area (Å²) in [6.45, 7) is 2.93. The molecule has 0 radical (unpaired) electrons. The van der Waals surface area contributed by atoms with Gasteiger partial charge < -0.3 is 9.30 Å². The first-order valence-corrected chi connectivity index (χ1v) is 10.4. The van der Waals surface area contributed by atoms with Crippen molar-refractivity contribution in [2.75, 3.05) is 12.9 Å². The molecule has 0 spiro atoms. The van der Waals surface area contributed by atoms with E-state index in [1.165, 1.54) is 18.9 Å². The van der Waals surface area contributed by atoms with Crippen LogP contribution in [0.3, 0.4) is 0 Å². The normalized spacial score (nSPS) is 10.7. The zero-order chi connectivity index (χ0) is 20.6. The van der Waals surface area contributed by atoms with Crippen LogP contribution >= 0.6 is 11.8 Å². The number of ketones is 1. The predicted octanol–water partition coefficient (Wildman–Crippen LogP) is 4.05. The number of pyridine rings is 1. The highest BCUT2D eigenvalue weighted by molar-refractivity contribution is 7.99. The second-order valence-electron chi connectivity index (χ2n) is 6.52. The van der Waals surface area contributed by atoms with Gasteiger partial charge in [0.25, 0.3) is 0 Å². The van der Waals surface area contributed by atoms with E-state index in [0.717, 1.165) is 34.9 Å². The number of imidazole rings is 1. The lowest BCUT2D eigenvalue weighted by Gasteiger charge is -2.10. The first-order valence-electron chi connectivity index (χ1n) is 9.40. The largest absolute Gasteiger partial charge is 0.465 e. The van der Waals surface area contributed by atoms with Crippen LogP contribution in [0, 0.1) is 0 Å². The number of hydrogen-bond acceptors (Lipinski definition) is 6.